The Morgan fingerprint density at radius 3 is 2.56 bits per heavy atom. The number of hydrogen-bond donors (Lipinski definition) is 0. The maximum absolute atomic E-state index is 4.54. The molecule has 0 saturated carbocycles. The van der Waals surface area contributed by atoms with Gasteiger partial charge in [-0.2, -0.15) is 0 Å². The highest BCUT2D eigenvalue weighted by Crippen LogP contribution is 2.30. The summed E-state index contributed by atoms with van der Waals surface area (Å²) in [5.41, 5.74) is 0. The second kappa shape index (κ2) is 5.22. The lowest BCUT2D eigenvalue weighted by molar-refractivity contribution is 0.554. The molecule has 18 heavy (non-hydrogen) atoms. The Morgan fingerprint density at radius 2 is 1.78 bits per heavy atom. The molecule has 96 valence electrons. The lowest BCUT2D eigenvalue weighted by atomic mass is 10.1. The zero-order chi connectivity index (χ0) is 12.4. The molecule has 4 heteroatoms. The van der Waals surface area contributed by atoms with Crippen LogP contribution in [-0.2, 0) is 0 Å². The summed E-state index contributed by atoms with van der Waals surface area (Å²) in [4.78, 5) is 13.8. The van der Waals surface area contributed by atoms with Gasteiger partial charge in [0.1, 0.15) is 17.0 Å². The van der Waals surface area contributed by atoms with Crippen LogP contribution in [0.1, 0.15) is 37.0 Å². The maximum Gasteiger partial charge on any atom is 0.140 e. The van der Waals surface area contributed by atoms with Crippen LogP contribution in [0.4, 0.5) is 5.82 Å². The van der Waals surface area contributed by atoms with Crippen molar-refractivity contribution in [1.82, 2.24) is 9.97 Å². The van der Waals surface area contributed by atoms with Crippen LogP contribution in [0.2, 0.25) is 0 Å². The number of fused-ring (bicyclic) bond motifs is 1. The molecule has 2 aromatic rings. The Hall–Kier alpha value is -1.16. The molecule has 0 amide bonds. The van der Waals surface area contributed by atoms with Crippen LogP contribution >= 0.6 is 11.3 Å². The number of aryl methyl sites for hydroxylation is 1. The van der Waals surface area contributed by atoms with Gasteiger partial charge in [0.2, 0.25) is 0 Å². The van der Waals surface area contributed by atoms with Gasteiger partial charge in [0.25, 0.3) is 0 Å². The van der Waals surface area contributed by atoms with E-state index in [4.69, 9.17) is 0 Å². The van der Waals surface area contributed by atoms with Gasteiger partial charge in [0.15, 0.2) is 0 Å². The van der Waals surface area contributed by atoms with Crippen LogP contribution < -0.4 is 4.90 Å². The molecular weight excluding hydrogens is 242 g/mol. The standard InChI is InChI=1S/C14H19N3S/c1-11-9-12-13(15-10-16-14(12)18-11)17-7-5-3-2-4-6-8-17/h9-10H,2-8H2,1H3. The van der Waals surface area contributed by atoms with Gasteiger partial charge in [-0.15, -0.1) is 11.3 Å². The van der Waals surface area contributed by atoms with E-state index < -0.39 is 0 Å². The monoisotopic (exact) mass is 261 g/mol. The lowest BCUT2D eigenvalue weighted by Crippen LogP contribution is -2.28. The third kappa shape index (κ3) is 2.34. The summed E-state index contributed by atoms with van der Waals surface area (Å²) >= 11 is 1.76. The number of aromatic nitrogens is 2. The average Bonchev–Trinajstić information content (AvgIpc) is 2.69. The van der Waals surface area contributed by atoms with Crippen molar-refractivity contribution < 1.29 is 0 Å². The molecular formula is C14H19N3S. The minimum Gasteiger partial charge on any atom is -0.356 e. The van der Waals surface area contributed by atoms with Gasteiger partial charge < -0.3 is 4.90 Å². The van der Waals surface area contributed by atoms with Crippen molar-refractivity contribution in [1.29, 1.82) is 0 Å². The fraction of sp³-hybridized carbons (Fsp3) is 0.571. The lowest BCUT2D eigenvalue weighted by Gasteiger charge is -2.26. The van der Waals surface area contributed by atoms with E-state index in [1.807, 2.05) is 0 Å². The zero-order valence-corrected chi connectivity index (χ0v) is 11.7. The van der Waals surface area contributed by atoms with E-state index in [9.17, 15) is 0 Å². The molecule has 3 nitrogen and oxygen atoms in total. The highest BCUT2D eigenvalue weighted by atomic mass is 32.1. The molecule has 0 aromatic carbocycles. The van der Waals surface area contributed by atoms with Crippen molar-refractivity contribution in [2.45, 2.75) is 39.0 Å². The number of hydrogen-bond acceptors (Lipinski definition) is 4. The van der Waals surface area contributed by atoms with E-state index in [-0.39, 0.29) is 0 Å². The van der Waals surface area contributed by atoms with Crippen LogP contribution in [0.25, 0.3) is 10.2 Å². The summed E-state index contributed by atoms with van der Waals surface area (Å²) in [6.07, 6.45) is 8.39. The molecule has 0 aliphatic carbocycles. The van der Waals surface area contributed by atoms with E-state index in [0.29, 0.717) is 0 Å². The Morgan fingerprint density at radius 1 is 1.06 bits per heavy atom. The fourth-order valence-electron chi connectivity index (χ4n) is 2.67. The molecule has 0 unspecified atom stereocenters. The highest BCUT2D eigenvalue weighted by Gasteiger charge is 2.14. The molecule has 3 rings (SSSR count). The van der Waals surface area contributed by atoms with Crippen molar-refractivity contribution in [3.8, 4) is 0 Å². The van der Waals surface area contributed by atoms with Gasteiger partial charge in [-0.25, -0.2) is 9.97 Å². The first kappa shape index (κ1) is 11.9. The van der Waals surface area contributed by atoms with Crippen molar-refractivity contribution in [3.05, 3.63) is 17.3 Å². The van der Waals surface area contributed by atoms with E-state index in [1.165, 1.54) is 42.4 Å². The Balaban J connectivity index is 1.96. The number of thiophene rings is 1. The smallest absolute Gasteiger partial charge is 0.140 e. The first-order valence-corrected chi connectivity index (χ1v) is 7.62. The molecule has 0 spiro atoms. The summed E-state index contributed by atoms with van der Waals surface area (Å²) in [5, 5.41) is 1.24. The molecule has 1 aliphatic heterocycles. The number of anilines is 1. The maximum atomic E-state index is 4.54. The number of nitrogens with zero attached hydrogens (tertiary/aromatic N) is 3. The quantitative estimate of drug-likeness (QED) is 0.782. The highest BCUT2D eigenvalue weighted by molar-refractivity contribution is 7.18. The van der Waals surface area contributed by atoms with Crippen molar-refractivity contribution in [2.75, 3.05) is 18.0 Å². The number of rotatable bonds is 1. The van der Waals surface area contributed by atoms with Gasteiger partial charge in [-0.05, 0) is 25.8 Å². The summed E-state index contributed by atoms with van der Waals surface area (Å²) in [7, 11) is 0. The van der Waals surface area contributed by atoms with Crippen LogP contribution in [0, 0.1) is 6.92 Å². The molecule has 0 radical (unpaired) electrons. The fourth-order valence-corrected chi connectivity index (χ4v) is 3.52. The molecule has 1 fully saturated rings. The van der Waals surface area contributed by atoms with Gasteiger partial charge in [-0.1, -0.05) is 19.3 Å². The summed E-state index contributed by atoms with van der Waals surface area (Å²) < 4.78 is 0. The Bertz CT molecular complexity index is 527. The van der Waals surface area contributed by atoms with Crippen LogP contribution in [0.15, 0.2) is 12.4 Å². The minimum atomic E-state index is 1.12. The van der Waals surface area contributed by atoms with Gasteiger partial charge in [-0.3, -0.25) is 0 Å². The van der Waals surface area contributed by atoms with Crippen LogP contribution in [0.3, 0.4) is 0 Å². The molecule has 1 saturated heterocycles. The normalized spacial score (nSPS) is 17.7. The largest absolute Gasteiger partial charge is 0.356 e. The zero-order valence-electron chi connectivity index (χ0n) is 10.9. The summed E-state index contributed by atoms with van der Waals surface area (Å²) in [6, 6.07) is 2.23. The predicted octanol–water partition coefficient (Wildman–Crippen LogP) is 3.77. The van der Waals surface area contributed by atoms with Crippen molar-refractivity contribution in [2.24, 2.45) is 0 Å². The third-order valence-corrected chi connectivity index (χ3v) is 4.55. The van der Waals surface area contributed by atoms with E-state index >= 15 is 0 Å². The summed E-state index contributed by atoms with van der Waals surface area (Å²) in [6.45, 7) is 4.42. The van der Waals surface area contributed by atoms with Gasteiger partial charge in [0.05, 0.1) is 5.39 Å². The van der Waals surface area contributed by atoms with Gasteiger partial charge >= 0.3 is 0 Å². The van der Waals surface area contributed by atoms with Gasteiger partial charge in [0, 0.05) is 18.0 Å². The molecule has 0 bridgehead atoms. The van der Waals surface area contributed by atoms with E-state index in [1.54, 1.807) is 17.7 Å². The van der Waals surface area contributed by atoms with Crippen LogP contribution in [-0.4, -0.2) is 23.1 Å². The molecule has 0 atom stereocenters. The molecule has 2 aromatic heterocycles. The SMILES string of the molecule is Cc1cc2c(N3CCCCCCC3)ncnc2s1. The second-order valence-corrected chi connectivity index (χ2v) is 6.26. The predicted molar refractivity (Wildman–Crippen MR) is 77.5 cm³/mol. The Labute approximate surface area is 112 Å². The average molecular weight is 261 g/mol. The van der Waals surface area contributed by atoms with Crippen molar-refractivity contribution >= 4 is 27.4 Å². The molecule has 0 N–H and O–H groups in total. The summed E-state index contributed by atoms with van der Waals surface area (Å²) in [5.74, 6) is 1.14. The van der Waals surface area contributed by atoms with Crippen LogP contribution in [0.5, 0.6) is 0 Å². The molecule has 1 aliphatic rings. The Kier molecular flexibility index (Phi) is 3.46. The van der Waals surface area contributed by atoms with Crippen molar-refractivity contribution in [3.63, 3.8) is 0 Å². The molecule has 3 heterocycles. The first-order valence-electron chi connectivity index (χ1n) is 6.81. The van der Waals surface area contributed by atoms with E-state index in [0.717, 1.165) is 23.7 Å². The van der Waals surface area contributed by atoms with E-state index in [2.05, 4.69) is 27.9 Å². The second-order valence-electron chi connectivity index (χ2n) is 5.03. The third-order valence-electron chi connectivity index (χ3n) is 3.59. The topological polar surface area (TPSA) is 29.0 Å². The first-order chi connectivity index (χ1) is 8.84. The minimum absolute atomic E-state index is 1.12.